The molecule has 1 N–H and O–H groups in total. The Hall–Kier alpha value is -1.56. The number of carbonyl (C=O) groups excluding carboxylic acids is 1. The first-order valence-corrected chi connectivity index (χ1v) is 8.52. The van der Waals surface area contributed by atoms with E-state index in [-0.39, 0.29) is 29.9 Å². The fourth-order valence-electron chi connectivity index (χ4n) is 2.34. The van der Waals surface area contributed by atoms with Crippen LogP contribution in [0.25, 0.3) is 0 Å². The van der Waals surface area contributed by atoms with E-state index in [1.165, 1.54) is 0 Å². The van der Waals surface area contributed by atoms with Crippen LogP contribution >= 0.6 is 0 Å². The number of nitrogens with zero attached hydrogens (tertiary/aromatic N) is 1. The second-order valence-corrected chi connectivity index (χ2v) is 7.49. The van der Waals surface area contributed by atoms with Gasteiger partial charge in [-0.25, -0.2) is 8.42 Å². The number of hydrogen-bond acceptors (Lipinski definition) is 4. The Bertz CT molecular complexity index is 557. The van der Waals surface area contributed by atoms with Gasteiger partial charge in [0.05, 0.1) is 18.1 Å². The van der Waals surface area contributed by atoms with E-state index in [1.807, 2.05) is 42.3 Å². The van der Waals surface area contributed by atoms with E-state index in [2.05, 4.69) is 5.32 Å². The number of anilines is 1. The van der Waals surface area contributed by atoms with Crippen LogP contribution in [0.2, 0.25) is 0 Å². The van der Waals surface area contributed by atoms with Gasteiger partial charge in [0, 0.05) is 19.3 Å². The summed E-state index contributed by atoms with van der Waals surface area (Å²) in [5, 5.41) is 2.82. The molecule has 0 aromatic heterocycles. The van der Waals surface area contributed by atoms with Crippen molar-refractivity contribution in [2.75, 3.05) is 36.5 Å². The standard InChI is InChI=1S/C14H20N2O3S/c1-16(13-5-3-2-4-6-13)10-14(17)15-9-12-7-8-20(18,19)11-12/h2-6,12H,7-11H2,1H3,(H,15,17)/t12-/m1/s1. The Labute approximate surface area is 119 Å². The molecule has 110 valence electrons. The number of sulfone groups is 1. The van der Waals surface area contributed by atoms with E-state index < -0.39 is 9.84 Å². The molecule has 1 aliphatic heterocycles. The largest absolute Gasteiger partial charge is 0.365 e. The maximum atomic E-state index is 11.8. The lowest BCUT2D eigenvalue weighted by Gasteiger charge is -2.19. The van der Waals surface area contributed by atoms with Crippen LogP contribution in [-0.4, -0.2) is 46.0 Å². The highest BCUT2D eigenvalue weighted by Gasteiger charge is 2.27. The molecular formula is C14H20N2O3S. The van der Waals surface area contributed by atoms with Gasteiger partial charge >= 0.3 is 0 Å². The van der Waals surface area contributed by atoms with Gasteiger partial charge < -0.3 is 10.2 Å². The quantitative estimate of drug-likeness (QED) is 0.867. The smallest absolute Gasteiger partial charge is 0.239 e. The third-order valence-corrected chi connectivity index (χ3v) is 5.33. The van der Waals surface area contributed by atoms with E-state index in [0.717, 1.165) is 5.69 Å². The van der Waals surface area contributed by atoms with Gasteiger partial charge in [0.25, 0.3) is 0 Å². The minimum atomic E-state index is -2.87. The first-order valence-electron chi connectivity index (χ1n) is 6.69. The normalized spacial score (nSPS) is 20.6. The third kappa shape index (κ3) is 4.23. The van der Waals surface area contributed by atoms with Crippen molar-refractivity contribution in [3.05, 3.63) is 30.3 Å². The molecule has 1 aliphatic rings. The molecule has 0 bridgehead atoms. The van der Waals surface area contributed by atoms with Gasteiger partial charge in [-0.05, 0) is 24.5 Å². The molecule has 1 aromatic carbocycles. The SMILES string of the molecule is CN(CC(=O)NC[C@H]1CCS(=O)(=O)C1)c1ccccc1. The van der Waals surface area contributed by atoms with Crippen LogP contribution in [0.1, 0.15) is 6.42 Å². The number of nitrogens with one attached hydrogen (secondary N) is 1. The Balaban J connectivity index is 1.76. The van der Waals surface area contributed by atoms with Crippen molar-refractivity contribution in [2.24, 2.45) is 5.92 Å². The molecule has 1 atom stereocenters. The number of para-hydroxylation sites is 1. The summed E-state index contributed by atoms with van der Waals surface area (Å²) in [7, 11) is -1.02. The summed E-state index contributed by atoms with van der Waals surface area (Å²) in [5.74, 6) is 0.422. The van der Waals surface area contributed by atoms with Gasteiger partial charge in [0.1, 0.15) is 0 Å². The topological polar surface area (TPSA) is 66.5 Å². The number of benzene rings is 1. The minimum absolute atomic E-state index is 0.0611. The zero-order valence-corrected chi connectivity index (χ0v) is 12.4. The van der Waals surface area contributed by atoms with Gasteiger partial charge in [-0.3, -0.25) is 4.79 Å². The summed E-state index contributed by atoms with van der Waals surface area (Å²) < 4.78 is 22.7. The number of rotatable bonds is 5. The average molecular weight is 296 g/mol. The number of hydrogen-bond donors (Lipinski definition) is 1. The summed E-state index contributed by atoms with van der Waals surface area (Å²) in [6.07, 6.45) is 0.650. The summed E-state index contributed by atoms with van der Waals surface area (Å²) in [6, 6.07) is 9.66. The van der Waals surface area contributed by atoms with Gasteiger partial charge in [0.15, 0.2) is 9.84 Å². The van der Waals surface area contributed by atoms with E-state index in [1.54, 1.807) is 0 Å². The minimum Gasteiger partial charge on any atom is -0.365 e. The second-order valence-electron chi connectivity index (χ2n) is 5.26. The number of carbonyl (C=O) groups is 1. The fourth-order valence-corrected chi connectivity index (χ4v) is 4.20. The lowest BCUT2D eigenvalue weighted by atomic mass is 10.1. The highest BCUT2D eigenvalue weighted by Crippen LogP contribution is 2.17. The van der Waals surface area contributed by atoms with Crippen LogP contribution in [0.15, 0.2) is 30.3 Å². The van der Waals surface area contributed by atoms with Gasteiger partial charge in [-0.15, -0.1) is 0 Å². The monoisotopic (exact) mass is 296 g/mol. The maximum Gasteiger partial charge on any atom is 0.239 e. The van der Waals surface area contributed by atoms with Crippen LogP contribution in [0.5, 0.6) is 0 Å². The van der Waals surface area contributed by atoms with Crippen molar-refractivity contribution in [1.29, 1.82) is 0 Å². The molecule has 1 heterocycles. The highest BCUT2D eigenvalue weighted by molar-refractivity contribution is 7.91. The Morgan fingerprint density at radius 3 is 2.65 bits per heavy atom. The molecule has 1 fully saturated rings. The van der Waals surface area contributed by atoms with Crippen LogP contribution in [0.3, 0.4) is 0 Å². The van der Waals surface area contributed by atoms with Crippen molar-refractivity contribution in [1.82, 2.24) is 5.32 Å². The average Bonchev–Trinajstić information content (AvgIpc) is 2.77. The molecule has 0 spiro atoms. The Morgan fingerprint density at radius 1 is 1.35 bits per heavy atom. The van der Waals surface area contributed by atoms with Gasteiger partial charge in [-0.1, -0.05) is 18.2 Å². The maximum absolute atomic E-state index is 11.8. The van der Waals surface area contributed by atoms with Crippen molar-refractivity contribution in [3.8, 4) is 0 Å². The lowest BCUT2D eigenvalue weighted by molar-refractivity contribution is -0.119. The van der Waals surface area contributed by atoms with Gasteiger partial charge in [0.2, 0.25) is 5.91 Å². The Kier molecular flexibility index (Phi) is 4.65. The molecule has 2 rings (SSSR count). The number of likely N-dealkylation sites (N-methyl/N-ethyl adjacent to an activating group) is 1. The summed E-state index contributed by atoms with van der Waals surface area (Å²) >= 11 is 0. The molecular weight excluding hydrogens is 276 g/mol. The van der Waals surface area contributed by atoms with E-state index in [0.29, 0.717) is 13.0 Å². The van der Waals surface area contributed by atoms with Crippen molar-refractivity contribution in [3.63, 3.8) is 0 Å². The summed E-state index contributed by atoms with van der Waals surface area (Å²) in [6.45, 7) is 0.712. The molecule has 0 radical (unpaired) electrons. The van der Waals surface area contributed by atoms with Gasteiger partial charge in [-0.2, -0.15) is 0 Å². The van der Waals surface area contributed by atoms with Crippen LogP contribution in [0.4, 0.5) is 5.69 Å². The van der Waals surface area contributed by atoms with Crippen LogP contribution in [-0.2, 0) is 14.6 Å². The molecule has 1 aromatic rings. The first kappa shape index (κ1) is 14.8. The van der Waals surface area contributed by atoms with Crippen LogP contribution in [0, 0.1) is 5.92 Å². The second kappa shape index (κ2) is 6.26. The zero-order valence-electron chi connectivity index (χ0n) is 11.6. The third-order valence-electron chi connectivity index (χ3n) is 3.49. The molecule has 1 saturated heterocycles. The molecule has 1 amide bonds. The van der Waals surface area contributed by atoms with Crippen molar-refractivity contribution >= 4 is 21.4 Å². The highest BCUT2D eigenvalue weighted by atomic mass is 32.2. The summed E-state index contributed by atoms with van der Waals surface area (Å²) in [5.41, 5.74) is 0.978. The zero-order chi connectivity index (χ0) is 14.6. The molecule has 0 aliphatic carbocycles. The predicted octanol–water partition coefficient (Wildman–Crippen LogP) is 0.674. The molecule has 6 heteroatoms. The van der Waals surface area contributed by atoms with Crippen molar-refractivity contribution in [2.45, 2.75) is 6.42 Å². The molecule has 0 unspecified atom stereocenters. The van der Waals surface area contributed by atoms with E-state index in [9.17, 15) is 13.2 Å². The number of amides is 1. The predicted molar refractivity (Wildman–Crippen MR) is 79.5 cm³/mol. The fraction of sp³-hybridized carbons (Fsp3) is 0.500. The molecule has 5 nitrogen and oxygen atoms in total. The molecule has 20 heavy (non-hydrogen) atoms. The summed E-state index contributed by atoms with van der Waals surface area (Å²) in [4.78, 5) is 13.7. The van der Waals surface area contributed by atoms with E-state index in [4.69, 9.17) is 0 Å². The first-order chi connectivity index (χ1) is 9.46. The Morgan fingerprint density at radius 2 is 2.05 bits per heavy atom. The van der Waals surface area contributed by atoms with E-state index >= 15 is 0 Å². The van der Waals surface area contributed by atoms with Crippen molar-refractivity contribution < 1.29 is 13.2 Å². The lowest BCUT2D eigenvalue weighted by Crippen LogP contribution is -2.37. The molecule has 0 saturated carbocycles. The van der Waals surface area contributed by atoms with Crippen LogP contribution < -0.4 is 10.2 Å².